The zero-order valence-corrected chi connectivity index (χ0v) is 10.9. The van der Waals surface area contributed by atoms with E-state index in [0.29, 0.717) is 10.0 Å². The highest BCUT2D eigenvalue weighted by Gasteiger charge is 2.12. The first-order valence-corrected chi connectivity index (χ1v) is 6.01. The summed E-state index contributed by atoms with van der Waals surface area (Å²) < 4.78 is 33.1. The molecule has 2 aromatic carbocycles. The topological polar surface area (TPSA) is 35.2 Å². The number of para-hydroxylation sites is 1. The Hall–Kier alpha value is -1.46. The lowest BCUT2D eigenvalue weighted by Gasteiger charge is -2.11. The molecule has 2 rings (SSSR count). The normalized spacial score (nSPS) is 10.4. The molecule has 0 aliphatic carbocycles. The maximum absolute atomic E-state index is 13.6. The number of ether oxygens (including phenoxy) is 1. The summed E-state index contributed by atoms with van der Waals surface area (Å²) in [4.78, 5) is 0. The van der Waals surface area contributed by atoms with E-state index < -0.39 is 11.6 Å². The number of rotatable bonds is 3. The molecule has 2 N–H and O–H groups in total. The second-order valence-electron chi connectivity index (χ2n) is 3.61. The van der Waals surface area contributed by atoms with Crippen LogP contribution in [-0.2, 0) is 6.54 Å². The van der Waals surface area contributed by atoms with Gasteiger partial charge in [0, 0.05) is 16.6 Å². The predicted molar refractivity (Wildman–Crippen MR) is 68.5 cm³/mol. The van der Waals surface area contributed by atoms with Crippen LogP contribution in [0.4, 0.5) is 8.78 Å². The van der Waals surface area contributed by atoms with Crippen molar-refractivity contribution >= 4 is 15.9 Å². The van der Waals surface area contributed by atoms with Crippen LogP contribution < -0.4 is 10.5 Å². The summed E-state index contributed by atoms with van der Waals surface area (Å²) in [5.41, 5.74) is 5.97. The second kappa shape index (κ2) is 5.46. The Morgan fingerprint density at radius 1 is 1.11 bits per heavy atom. The Kier molecular flexibility index (Phi) is 3.93. The second-order valence-corrected chi connectivity index (χ2v) is 4.52. The Bertz CT molecular complexity index is 575. The molecule has 0 heterocycles. The van der Waals surface area contributed by atoms with E-state index in [-0.39, 0.29) is 18.0 Å². The molecule has 0 aromatic heterocycles. The first kappa shape index (κ1) is 13.0. The maximum Gasteiger partial charge on any atom is 0.167 e. The van der Waals surface area contributed by atoms with Crippen molar-refractivity contribution in [2.75, 3.05) is 0 Å². The van der Waals surface area contributed by atoms with Crippen molar-refractivity contribution in [1.29, 1.82) is 0 Å². The largest absolute Gasteiger partial charge is 0.451 e. The average molecular weight is 314 g/mol. The standard InChI is InChI=1S/C13H10BrF2NO/c14-9-4-5-12(11(16)6-9)18-13-8(7-17)2-1-3-10(13)15/h1-6H,7,17H2. The quantitative estimate of drug-likeness (QED) is 0.930. The summed E-state index contributed by atoms with van der Waals surface area (Å²) in [6.07, 6.45) is 0. The Morgan fingerprint density at radius 3 is 2.56 bits per heavy atom. The molecule has 0 fully saturated rings. The molecule has 2 nitrogen and oxygen atoms in total. The zero-order chi connectivity index (χ0) is 13.1. The van der Waals surface area contributed by atoms with Crippen LogP contribution in [-0.4, -0.2) is 0 Å². The minimum Gasteiger partial charge on any atom is -0.451 e. The third-order valence-corrected chi connectivity index (χ3v) is 2.87. The van der Waals surface area contributed by atoms with Gasteiger partial charge in [-0.3, -0.25) is 0 Å². The van der Waals surface area contributed by atoms with Gasteiger partial charge in [0.2, 0.25) is 0 Å². The maximum atomic E-state index is 13.6. The number of benzene rings is 2. The molecular formula is C13H10BrF2NO. The summed E-state index contributed by atoms with van der Waals surface area (Å²) >= 11 is 3.13. The summed E-state index contributed by atoms with van der Waals surface area (Å²) in [6, 6.07) is 8.69. The molecule has 0 spiro atoms. The molecule has 94 valence electrons. The van der Waals surface area contributed by atoms with Gasteiger partial charge in [-0.1, -0.05) is 28.1 Å². The van der Waals surface area contributed by atoms with Gasteiger partial charge in [-0.15, -0.1) is 0 Å². The molecule has 18 heavy (non-hydrogen) atoms. The van der Waals surface area contributed by atoms with Crippen LogP contribution in [0, 0.1) is 11.6 Å². The summed E-state index contributed by atoms with van der Waals surface area (Å²) in [6.45, 7) is 0.116. The molecule has 0 unspecified atom stereocenters. The highest BCUT2D eigenvalue weighted by molar-refractivity contribution is 9.10. The smallest absolute Gasteiger partial charge is 0.167 e. The van der Waals surface area contributed by atoms with Gasteiger partial charge in [0.05, 0.1) is 0 Å². The van der Waals surface area contributed by atoms with E-state index in [1.165, 1.54) is 24.3 Å². The summed E-state index contributed by atoms with van der Waals surface area (Å²) in [5, 5.41) is 0. The third-order valence-electron chi connectivity index (χ3n) is 2.37. The number of hydrogen-bond acceptors (Lipinski definition) is 2. The fraction of sp³-hybridized carbons (Fsp3) is 0.0769. The van der Waals surface area contributed by atoms with Crippen LogP contribution in [0.3, 0.4) is 0 Å². The Morgan fingerprint density at radius 2 is 1.89 bits per heavy atom. The lowest BCUT2D eigenvalue weighted by molar-refractivity contribution is 0.410. The highest BCUT2D eigenvalue weighted by Crippen LogP contribution is 2.31. The lowest BCUT2D eigenvalue weighted by Crippen LogP contribution is -2.01. The van der Waals surface area contributed by atoms with E-state index in [0.717, 1.165) is 0 Å². The first-order chi connectivity index (χ1) is 8.61. The van der Waals surface area contributed by atoms with Gasteiger partial charge in [-0.05, 0) is 24.3 Å². The molecule has 5 heteroatoms. The Labute approximate surface area is 112 Å². The molecule has 2 aromatic rings. The zero-order valence-electron chi connectivity index (χ0n) is 9.29. The molecule has 0 saturated carbocycles. The molecule has 0 bridgehead atoms. The highest BCUT2D eigenvalue weighted by atomic mass is 79.9. The molecule has 0 amide bonds. The lowest BCUT2D eigenvalue weighted by atomic mass is 10.2. The molecule has 0 aliphatic rings. The van der Waals surface area contributed by atoms with Gasteiger partial charge in [0.15, 0.2) is 23.1 Å². The third kappa shape index (κ3) is 2.68. The van der Waals surface area contributed by atoms with Crippen molar-refractivity contribution < 1.29 is 13.5 Å². The van der Waals surface area contributed by atoms with E-state index in [9.17, 15) is 8.78 Å². The van der Waals surface area contributed by atoms with Gasteiger partial charge in [-0.25, -0.2) is 8.78 Å². The monoisotopic (exact) mass is 313 g/mol. The van der Waals surface area contributed by atoms with Crippen LogP contribution >= 0.6 is 15.9 Å². The molecular weight excluding hydrogens is 304 g/mol. The van der Waals surface area contributed by atoms with Crippen LogP contribution in [0.15, 0.2) is 40.9 Å². The van der Waals surface area contributed by atoms with Crippen molar-refractivity contribution in [2.45, 2.75) is 6.54 Å². The average Bonchev–Trinajstić information content (AvgIpc) is 2.34. The van der Waals surface area contributed by atoms with Crippen LogP contribution in [0.2, 0.25) is 0 Å². The van der Waals surface area contributed by atoms with E-state index in [1.807, 2.05) is 0 Å². The van der Waals surface area contributed by atoms with Gasteiger partial charge in [-0.2, -0.15) is 0 Å². The molecule has 0 radical (unpaired) electrons. The summed E-state index contributed by atoms with van der Waals surface area (Å²) in [7, 11) is 0. The number of halogens is 3. The van der Waals surface area contributed by atoms with Crippen molar-refractivity contribution in [2.24, 2.45) is 5.73 Å². The van der Waals surface area contributed by atoms with E-state index >= 15 is 0 Å². The van der Waals surface area contributed by atoms with Crippen molar-refractivity contribution in [3.63, 3.8) is 0 Å². The van der Waals surface area contributed by atoms with Gasteiger partial charge in [0.1, 0.15) is 0 Å². The number of hydrogen-bond donors (Lipinski definition) is 1. The van der Waals surface area contributed by atoms with Crippen LogP contribution in [0.1, 0.15) is 5.56 Å². The summed E-state index contributed by atoms with van der Waals surface area (Å²) in [5.74, 6) is -1.23. The SMILES string of the molecule is NCc1cccc(F)c1Oc1ccc(Br)cc1F. The minimum absolute atomic E-state index is 0.0405. The van der Waals surface area contributed by atoms with Gasteiger partial charge >= 0.3 is 0 Å². The Balaban J connectivity index is 2.39. The van der Waals surface area contributed by atoms with Crippen LogP contribution in [0.5, 0.6) is 11.5 Å². The van der Waals surface area contributed by atoms with E-state index in [2.05, 4.69) is 15.9 Å². The van der Waals surface area contributed by atoms with Gasteiger partial charge < -0.3 is 10.5 Å². The fourth-order valence-electron chi connectivity index (χ4n) is 1.50. The molecule has 0 saturated heterocycles. The van der Waals surface area contributed by atoms with E-state index in [1.54, 1.807) is 12.1 Å². The van der Waals surface area contributed by atoms with Crippen molar-refractivity contribution in [1.82, 2.24) is 0 Å². The van der Waals surface area contributed by atoms with Crippen LogP contribution in [0.25, 0.3) is 0 Å². The van der Waals surface area contributed by atoms with Gasteiger partial charge in [0.25, 0.3) is 0 Å². The predicted octanol–water partition coefficient (Wildman–Crippen LogP) is 3.98. The first-order valence-electron chi connectivity index (χ1n) is 5.22. The van der Waals surface area contributed by atoms with E-state index in [4.69, 9.17) is 10.5 Å². The minimum atomic E-state index is -0.574. The van der Waals surface area contributed by atoms with Crippen molar-refractivity contribution in [3.05, 3.63) is 58.1 Å². The number of nitrogens with two attached hydrogens (primary N) is 1. The fourth-order valence-corrected chi connectivity index (χ4v) is 1.83. The molecule has 0 atom stereocenters. The van der Waals surface area contributed by atoms with Crippen molar-refractivity contribution in [3.8, 4) is 11.5 Å². The molecule has 0 aliphatic heterocycles.